The fourth-order valence-electron chi connectivity index (χ4n) is 4.99. The lowest BCUT2D eigenvalue weighted by atomic mass is 10.0. The van der Waals surface area contributed by atoms with Gasteiger partial charge in [0.1, 0.15) is 27.7 Å². The number of nitrogens with zero attached hydrogens (tertiary/aromatic N) is 4. The first-order valence-corrected chi connectivity index (χ1v) is 16.2. The number of thioether (sulfide) groups is 2. The molecule has 0 saturated carbocycles. The van der Waals surface area contributed by atoms with E-state index in [2.05, 4.69) is 15.4 Å². The number of fused-ring (bicyclic) bond motifs is 2. The highest BCUT2D eigenvalue weighted by Crippen LogP contribution is 2.42. The van der Waals surface area contributed by atoms with Gasteiger partial charge in [-0.1, -0.05) is 72.4 Å². The van der Waals surface area contributed by atoms with Crippen LogP contribution < -0.4 is 5.32 Å². The average molecular weight is 642 g/mol. The Morgan fingerprint density at radius 2 is 1.73 bits per heavy atom. The summed E-state index contributed by atoms with van der Waals surface area (Å²) in [6.45, 7) is 5.26. The van der Waals surface area contributed by atoms with Gasteiger partial charge < -0.3 is 14.8 Å². The number of hydrogen-bond acceptors (Lipinski definition) is 9. The Morgan fingerprint density at radius 3 is 2.40 bits per heavy atom. The van der Waals surface area contributed by atoms with Gasteiger partial charge in [-0.25, -0.2) is 19.1 Å². The molecule has 4 aromatic rings. The zero-order valence-corrected chi connectivity index (χ0v) is 26.5. The molecule has 0 radical (unpaired) electrons. The summed E-state index contributed by atoms with van der Waals surface area (Å²) in [6, 6.07) is 21.8. The van der Waals surface area contributed by atoms with Crippen LogP contribution in [0.4, 0.5) is 4.79 Å². The number of benzene rings is 2. The van der Waals surface area contributed by atoms with Crippen molar-refractivity contribution in [2.45, 2.75) is 48.9 Å². The lowest BCUT2D eigenvalue weighted by Crippen LogP contribution is -2.70. The summed E-state index contributed by atoms with van der Waals surface area (Å²) in [5.41, 5.74) is 2.39. The number of hydrogen-bond donors (Lipinski definition) is 1. The van der Waals surface area contributed by atoms with Crippen LogP contribution in [0, 0.1) is 0 Å². The number of amides is 2. The van der Waals surface area contributed by atoms with Crippen molar-refractivity contribution in [3.63, 3.8) is 0 Å². The maximum Gasteiger partial charge on any atom is 0.408 e. The quantitative estimate of drug-likeness (QED) is 0.146. The molecule has 6 rings (SSSR count). The monoisotopic (exact) mass is 641 g/mol. The van der Waals surface area contributed by atoms with E-state index in [9.17, 15) is 14.4 Å². The maximum absolute atomic E-state index is 14.1. The van der Waals surface area contributed by atoms with Gasteiger partial charge in [-0.2, -0.15) is 5.10 Å². The molecular weight excluding hydrogens is 611 g/mol. The van der Waals surface area contributed by atoms with Gasteiger partial charge in [-0.3, -0.25) is 9.69 Å². The predicted octanol–water partition coefficient (Wildman–Crippen LogP) is 5.73. The first-order valence-electron chi connectivity index (χ1n) is 14.3. The molecule has 45 heavy (non-hydrogen) atoms. The number of alkyl carbamates (subject to hydrolysis) is 1. The van der Waals surface area contributed by atoms with Gasteiger partial charge in [0.15, 0.2) is 11.8 Å². The lowest BCUT2D eigenvalue weighted by molar-refractivity contribution is -0.153. The normalized spacial score (nSPS) is 18.2. The molecule has 4 heterocycles. The Kier molecular flexibility index (Phi) is 8.68. The third-order valence-corrected chi connectivity index (χ3v) is 9.02. The summed E-state index contributed by atoms with van der Waals surface area (Å²) in [5, 5.41) is 9.29. The molecule has 10 nitrogen and oxygen atoms in total. The summed E-state index contributed by atoms with van der Waals surface area (Å²) in [4.78, 5) is 45.8. The standard InChI is InChI=1S/C33H31N5O5S2/c1-33(2,3)43-32(41)35-26-29(39)38-27(31(40)42-28(21-10-6-4-7-11-21)22-12-8-5-9-13-22)23(20-45-30(26)38)16-19-44-25-15-14-24-34-17-18-37(24)36-25/h4-19,26,28,30H,20H2,1-3H3,(H,35,41)/b19-16+/t26-,30-/m1/s1. The molecule has 2 aliphatic heterocycles. The predicted molar refractivity (Wildman–Crippen MR) is 172 cm³/mol. The lowest BCUT2D eigenvalue weighted by Gasteiger charge is -2.49. The van der Waals surface area contributed by atoms with Gasteiger partial charge in [0, 0.05) is 18.1 Å². The second kappa shape index (κ2) is 12.8. The average Bonchev–Trinajstić information content (AvgIpc) is 3.50. The highest BCUT2D eigenvalue weighted by molar-refractivity contribution is 8.02. The van der Waals surface area contributed by atoms with Crippen LogP contribution in [-0.2, 0) is 19.1 Å². The Bertz CT molecular complexity index is 1750. The van der Waals surface area contributed by atoms with E-state index in [0.717, 1.165) is 21.8 Å². The van der Waals surface area contributed by atoms with E-state index in [1.54, 1.807) is 37.7 Å². The van der Waals surface area contributed by atoms with Crippen LogP contribution in [0.5, 0.6) is 0 Å². The van der Waals surface area contributed by atoms with Crippen LogP contribution in [0.25, 0.3) is 5.65 Å². The summed E-state index contributed by atoms with van der Waals surface area (Å²) in [5.74, 6) is -0.631. The van der Waals surface area contributed by atoms with E-state index in [0.29, 0.717) is 11.3 Å². The molecule has 0 spiro atoms. The molecule has 1 saturated heterocycles. The fourth-order valence-corrected chi connectivity index (χ4v) is 6.96. The van der Waals surface area contributed by atoms with Crippen molar-refractivity contribution in [2.24, 2.45) is 0 Å². The minimum absolute atomic E-state index is 0.151. The minimum atomic E-state index is -0.835. The third-order valence-electron chi connectivity index (χ3n) is 6.98. The molecule has 1 N–H and O–H groups in total. The fraction of sp³-hybridized carbons (Fsp3) is 0.242. The molecule has 12 heteroatoms. The minimum Gasteiger partial charge on any atom is -0.448 e. The van der Waals surface area contributed by atoms with Crippen LogP contribution in [0.3, 0.4) is 0 Å². The maximum atomic E-state index is 14.1. The molecule has 2 atom stereocenters. The topological polar surface area (TPSA) is 115 Å². The molecule has 0 bridgehead atoms. The van der Waals surface area contributed by atoms with E-state index in [4.69, 9.17) is 9.47 Å². The molecule has 2 amide bonds. The zero-order valence-electron chi connectivity index (χ0n) is 24.8. The van der Waals surface area contributed by atoms with Crippen LogP contribution in [0.15, 0.2) is 113 Å². The second-order valence-corrected chi connectivity index (χ2v) is 13.4. The first-order chi connectivity index (χ1) is 21.7. The Hall–Kier alpha value is -4.55. The summed E-state index contributed by atoms with van der Waals surface area (Å²) < 4.78 is 13.3. The van der Waals surface area contributed by atoms with Gasteiger partial charge in [0.25, 0.3) is 5.91 Å². The first kappa shape index (κ1) is 30.5. The van der Waals surface area contributed by atoms with E-state index >= 15 is 0 Å². The number of allylic oxidation sites excluding steroid dienone is 1. The summed E-state index contributed by atoms with van der Waals surface area (Å²) in [7, 11) is 0. The van der Waals surface area contributed by atoms with Gasteiger partial charge in [-0.15, -0.1) is 11.8 Å². The number of nitrogens with one attached hydrogen (secondary N) is 1. The van der Waals surface area contributed by atoms with Crippen molar-refractivity contribution in [3.05, 3.63) is 119 Å². The van der Waals surface area contributed by atoms with Crippen molar-refractivity contribution in [1.29, 1.82) is 0 Å². The number of rotatable bonds is 8. The molecule has 0 aliphatic carbocycles. The van der Waals surface area contributed by atoms with E-state index < -0.39 is 41.1 Å². The number of ether oxygens (including phenoxy) is 2. The smallest absolute Gasteiger partial charge is 0.408 e. The molecule has 2 aliphatic rings. The summed E-state index contributed by atoms with van der Waals surface area (Å²) >= 11 is 2.83. The molecule has 2 aromatic carbocycles. The molecule has 1 fully saturated rings. The number of β-lactam (4-membered cyclic amide) rings is 1. The largest absolute Gasteiger partial charge is 0.448 e. The van der Waals surface area contributed by atoms with Crippen LogP contribution in [-0.4, -0.2) is 60.2 Å². The van der Waals surface area contributed by atoms with E-state index in [1.807, 2.05) is 84.3 Å². The molecular formula is C33H31N5O5S2. The van der Waals surface area contributed by atoms with Crippen molar-refractivity contribution in [1.82, 2.24) is 24.8 Å². The molecule has 2 aromatic heterocycles. The SMILES string of the molecule is CC(C)(C)OC(=O)N[C@@H]1C(=O)N2C(C(=O)OC(c3ccccc3)c3ccccc3)=C(/C=C/Sc3ccc4nccn4n3)CS[C@H]12. The third kappa shape index (κ3) is 6.76. The molecule has 0 unspecified atom stereocenters. The Morgan fingerprint density at radius 1 is 1.04 bits per heavy atom. The van der Waals surface area contributed by atoms with Gasteiger partial charge in [0.05, 0.1) is 0 Å². The van der Waals surface area contributed by atoms with Crippen molar-refractivity contribution < 1.29 is 23.9 Å². The Labute approximate surface area is 268 Å². The van der Waals surface area contributed by atoms with Gasteiger partial charge >= 0.3 is 12.1 Å². The van der Waals surface area contributed by atoms with Gasteiger partial charge in [-0.05, 0) is 61.1 Å². The Balaban J connectivity index is 1.30. The van der Waals surface area contributed by atoms with Crippen molar-refractivity contribution in [2.75, 3.05) is 5.75 Å². The van der Waals surface area contributed by atoms with E-state index in [1.165, 1.54) is 28.4 Å². The van der Waals surface area contributed by atoms with Crippen LogP contribution in [0.1, 0.15) is 38.0 Å². The number of carbonyl (C=O) groups excluding carboxylic acids is 3. The highest BCUT2D eigenvalue weighted by atomic mass is 32.2. The highest BCUT2D eigenvalue weighted by Gasteiger charge is 2.54. The zero-order chi connectivity index (χ0) is 31.6. The molecule has 230 valence electrons. The van der Waals surface area contributed by atoms with Gasteiger partial charge in [0.2, 0.25) is 0 Å². The van der Waals surface area contributed by atoms with Crippen LogP contribution >= 0.6 is 23.5 Å². The van der Waals surface area contributed by atoms with E-state index in [-0.39, 0.29) is 5.70 Å². The van der Waals surface area contributed by atoms with Crippen molar-refractivity contribution >= 4 is 47.1 Å². The second-order valence-electron chi connectivity index (χ2n) is 11.3. The summed E-state index contributed by atoms with van der Waals surface area (Å²) in [6.07, 6.45) is 3.87. The number of esters is 1. The number of carbonyl (C=O) groups is 3. The van der Waals surface area contributed by atoms with Crippen molar-refractivity contribution in [3.8, 4) is 0 Å². The van der Waals surface area contributed by atoms with Crippen LogP contribution in [0.2, 0.25) is 0 Å². The number of aromatic nitrogens is 3. The number of imidazole rings is 1.